The maximum atomic E-state index is 12.5. The number of aromatic nitrogens is 5. The van der Waals surface area contributed by atoms with Crippen molar-refractivity contribution in [3.63, 3.8) is 0 Å². The van der Waals surface area contributed by atoms with Crippen LogP contribution < -0.4 is 0 Å². The molecule has 29 heavy (non-hydrogen) atoms. The van der Waals surface area contributed by atoms with E-state index in [1.165, 1.54) is 0 Å². The molecule has 1 aliphatic heterocycles. The van der Waals surface area contributed by atoms with Crippen LogP contribution in [0.4, 0.5) is 0 Å². The second-order valence-corrected chi connectivity index (χ2v) is 7.94. The summed E-state index contributed by atoms with van der Waals surface area (Å²) < 4.78 is 7.15. The molecule has 0 saturated carbocycles. The standard InChI is InChI=1S/C20H18N6O2S/c27-18(11-16-7-4-10-29-16)25-9-8-15(12-25)26-13-17(22-24-26)20-21-19(23-28-20)14-5-2-1-3-6-14/h1-7,10,13,15H,8-9,11-12H2/t15-/m1/s1. The summed E-state index contributed by atoms with van der Waals surface area (Å²) in [4.78, 5) is 19.9. The Hall–Kier alpha value is -3.33. The second-order valence-electron chi connectivity index (χ2n) is 6.91. The molecule has 0 radical (unpaired) electrons. The van der Waals surface area contributed by atoms with E-state index in [1.807, 2.05) is 52.7 Å². The molecule has 1 aliphatic rings. The van der Waals surface area contributed by atoms with Gasteiger partial charge in [0.2, 0.25) is 11.7 Å². The van der Waals surface area contributed by atoms with Crippen LogP contribution in [0.15, 0.2) is 58.6 Å². The van der Waals surface area contributed by atoms with E-state index in [4.69, 9.17) is 4.52 Å². The van der Waals surface area contributed by atoms with Crippen LogP contribution in [-0.4, -0.2) is 49.0 Å². The largest absolute Gasteiger partial charge is 0.340 e. The maximum Gasteiger partial charge on any atom is 0.280 e. The molecule has 0 N–H and O–H groups in total. The molecule has 4 heterocycles. The number of nitrogens with zero attached hydrogens (tertiary/aromatic N) is 6. The van der Waals surface area contributed by atoms with Crippen LogP contribution >= 0.6 is 11.3 Å². The molecule has 1 amide bonds. The van der Waals surface area contributed by atoms with Gasteiger partial charge in [-0.25, -0.2) is 4.68 Å². The molecule has 1 atom stereocenters. The Balaban J connectivity index is 1.26. The number of thiophene rings is 1. The van der Waals surface area contributed by atoms with Crippen LogP contribution in [0.5, 0.6) is 0 Å². The fourth-order valence-electron chi connectivity index (χ4n) is 3.44. The molecule has 3 aromatic heterocycles. The SMILES string of the molecule is O=C(Cc1cccs1)N1CC[C@@H](n2cc(-c3nc(-c4ccccc4)no3)nn2)C1. The minimum atomic E-state index is 0.0973. The van der Waals surface area contributed by atoms with Crippen molar-refractivity contribution in [2.75, 3.05) is 13.1 Å². The fourth-order valence-corrected chi connectivity index (χ4v) is 4.14. The Kier molecular flexibility index (Phi) is 4.65. The highest BCUT2D eigenvalue weighted by Crippen LogP contribution is 2.25. The van der Waals surface area contributed by atoms with Gasteiger partial charge in [-0.15, -0.1) is 16.4 Å². The molecule has 0 aliphatic carbocycles. The van der Waals surface area contributed by atoms with Crippen molar-refractivity contribution in [3.8, 4) is 23.0 Å². The van der Waals surface area contributed by atoms with Gasteiger partial charge in [0.1, 0.15) is 0 Å². The van der Waals surface area contributed by atoms with E-state index < -0.39 is 0 Å². The van der Waals surface area contributed by atoms with Gasteiger partial charge in [0.05, 0.1) is 18.7 Å². The molecule has 1 aromatic carbocycles. The lowest BCUT2D eigenvalue weighted by Gasteiger charge is -2.16. The molecule has 0 bridgehead atoms. The summed E-state index contributed by atoms with van der Waals surface area (Å²) in [6, 6.07) is 13.7. The van der Waals surface area contributed by atoms with Crippen LogP contribution in [0.2, 0.25) is 0 Å². The monoisotopic (exact) mass is 406 g/mol. The Morgan fingerprint density at radius 1 is 1.21 bits per heavy atom. The van der Waals surface area contributed by atoms with Crippen LogP contribution in [0.1, 0.15) is 17.3 Å². The summed E-state index contributed by atoms with van der Waals surface area (Å²) in [5.41, 5.74) is 1.41. The topological polar surface area (TPSA) is 89.9 Å². The van der Waals surface area contributed by atoms with E-state index in [0.717, 1.165) is 23.4 Å². The van der Waals surface area contributed by atoms with E-state index >= 15 is 0 Å². The number of amides is 1. The van der Waals surface area contributed by atoms with Crippen LogP contribution in [0.3, 0.4) is 0 Å². The Morgan fingerprint density at radius 2 is 2.10 bits per heavy atom. The first-order valence-electron chi connectivity index (χ1n) is 9.38. The number of hydrogen-bond donors (Lipinski definition) is 0. The molecular formula is C20H18N6O2S. The normalized spacial score (nSPS) is 16.4. The van der Waals surface area contributed by atoms with Gasteiger partial charge in [0, 0.05) is 23.5 Å². The van der Waals surface area contributed by atoms with E-state index in [0.29, 0.717) is 30.4 Å². The average Bonchev–Trinajstić information content (AvgIpc) is 3.55. The van der Waals surface area contributed by atoms with Gasteiger partial charge in [0.25, 0.3) is 5.89 Å². The zero-order chi connectivity index (χ0) is 19.6. The third-order valence-corrected chi connectivity index (χ3v) is 5.86. The molecule has 9 heteroatoms. The first-order chi connectivity index (χ1) is 14.3. The predicted molar refractivity (Wildman–Crippen MR) is 107 cm³/mol. The fraction of sp³-hybridized carbons (Fsp3) is 0.250. The number of hydrogen-bond acceptors (Lipinski definition) is 7. The van der Waals surface area contributed by atoms with Crippen molar-refractivity contribution < 1.29 is 9.32 Å². The molecule has 0 unspecified atom stereocenters. The molecule has 8 nitrogen and oxygen atoms in total. The van der Waals surface area contributed by atoms with Crippen molar-refractivity contribution in [1.82, 2.24) is 30.0 Å². The first kappa shape index (κ1) is 17.7. The molecule has 1 saturated heterocycles. The summed E-state index contributed by atoms with van der Waals surface area (Å²) in [6.07, 6.45) is 3.11. The third-order valence-electron chi connectivity index (χ3n) is 4.98. The summed E-state index contributed by atoms with van der Waals surface area (Å²) in [7, 11) is 0. The van der Waals surface area contributed by atoms with Crippen molar-refractivity contribution in [2.45, 2.75) is 18.9 Å². The molecule has 0 spiro atoms. The van der Waals surface area contributed by atoms with Crippen molar-refractivity contribution in [3.05, 3.63) is 58.9 Å². The lowest BCUT2D eigenvalue weighted by atomic mass is 10.2. The minimum absolute atomic E-state index is 0.0973. The summed E-state index contributed by atoms with van der Waals surface area (Å²) in [6.45, 7) is 1.36. The van der Waals surface area contributed by atoms with Gasteiger partial charge in [-0.2, -0.15) is 4.98 Å². The zero-order valence-electron chi connectivity index (χ0n) is 15.5. The van der Waals surface area contributed by atoms with Crippen LogP contribution in [0, 0.1) is 0 Å². The highest BCUT2D eigenvalue weighted by molar-refractivity contribution is 7.10. The Labute approximate surface area is 170 Å². The number of rotatable bonds is 5. The zero-order valence-corrected chi connectivity index (χ0v) is 16.3. The van der Waals surface area contributed by atoms with Crippen molar-refractivity contribution in [2.24, 2.45) is 0 Å². The van der Waals surface area contributed by atoms with E-state index in [1.54, 1.807) is 22.2 Å². The van der Waals surface area contributed by atoms with Crippen molar-refractivity contribution in [1.29, 1.82) is 0 Å². The highest BCUT2D eigenvalue weighted by Gasteiger charge is 2.29. The Morgan fingerprint density at radius 3 is 2.93 bits per heavy atom. The first-order valence-corrected chi connectivity index (χ1v) is 10.3. The van der Waals surface area contributed by atoms with Gasteiger partial charge < -0.3 is 9.42 Å². The quantitative estimate of drug-likeness (QED) is 0.506. The highest BCUT2D eigenvalue weighted by atomic mass is 32.1. The van der Waals surface area contributed by atoms with Crippen LogP contribution in [0.25, 0.3) is 23.0 Å². The summed E-state index contributed by atoms with van der Waals surface area (Å²) in [5, 5.41) is 14.4. The van der Waals surface area contributed by atoms with Gasteiger partial charge in [-0.3, -0.25) is 4.79 Å². The number of likely N-dealkylation sites (tertiary alicyclic amines) is 1. The molecule has 146 valence electrons. The number of carbonyl (C=O) groups excluding carboxylic acids is 1. The van der Waals surface area contributed by atoms with E-state index in [2.05, 4.69) is 20.5 Å². The molecule has 5 rings (SSSR count). The van der Waals surface area contributed by atoms with Gasteiger partial charge >= 0.3 is 0 Å². The van der Waals surface area contributed by atoms with Crippen LogP contribution in [-0.2, 0) is 11.2 Å². The van der Waals surface area contributed by atoms with Gasteiger partial charge in [-0.1, -0.05) is 46.8 Å². The molecule has 4 aromatic rings. The number of benzene rings is 1. The Bertz CT molecular complexity index is 1110. The predicted octanol–water partition coefficient (Wildman–Crippen LogP) is 3.07. The van der Waals surface area contributed by atoms with E-state index in [9.17, 15) is 4.79 Å². The molecule has 1 fully saturated rings. The lowest BCUT2D eigenvalue weighted by molar-refractivity contribution is -0.129. The van der Waals surface area contributed by atoms with Gasteiger partial charge in [-0.05, 0) is 17.9 Å². The molecular weight excluding hydrogens is 388 g/mol. The average molecular weight is 406 g/mol. The number of carbonyl (C=O) groups is 1. The second kappa shape index (κ2) is 7.59. The third kappa shape index (κ3) is 3.68. The van der Waals surface area contributed by atoms with Gasteiger partial charge in [0.15, 0.2) is 5.69 Å². The lowest BCUT2D eigenvalue weighted by Crippen LogP contribution is -2.30. The maximum absolute atomic E-state index is 12.5. The van der Waals surface area contributed by atoms with Crippen molar-refractivity contribution >= 4 is 17.2 Å². The van der Waals surface area contributed by atoms with E-state index in [-0.39, 0.29) is 11.9 Å². The summed E-state index contributed by atoms with van der Waals surface area (Å²) in [5.74, 6) is 1.000. The minimum Gasteiger partial charge on any atom is -0.340 e. The smallest absolute Gasteiger partial charge is 0.280 e. The summed E-state index contributed by atoms with van der Waals surface area (Å²) >= 11 is 1.61.